The molecule has 1 aliphatic rings. The zero-order chi connectivity index (χ0) is 14.5. The molecule has 0 unspecified atom stereocenters. The smallest absolute Gasteiger partial charge is 0.0994 e. The number of hydrogen-bond acceptors (Lipinski definition) is 2. The first-order valence-electron chi connectivity index (χ1n) is 7.98. The molecule has 0 aromatic heterocycles. The van der Waals surface area contributed by atoms with Crippen LogP contribution in [0.3, 0.4) is 0 Å². The molecule has 0 fully saturated rings. The number of nitriles is 1. The molecule has 2 heteroatoms. The SMILES string of the molecule is CCCN(CCC)[C@@H]1CCc2c(C#N)cccc2[C@@H]1C. The Labute approximate surface area is 123 Å². The average molecular weight is 270 g/mol. The molecule has 0 saturated heterocycles. The van der Waals surface area contributed by atoms with Crippen LogP contribution in [0.2, 0.25) is 0 Å². The fraction of sp³-hybridized carbons (Fsp3) is 0.611. The molecule has 108 valence electrons. The Morgan fingerprint density at radius 2 is 1.95 bits per heavy atom. The van der Waals surface area contributed by atoms with E-state index in [1.807, 2.05) is 12.1 Å². The zero-order valence-electron chi connectivity index (χ0n) is 13.0. The molecule has 1 aliphatic carbocycles. The predicted molar refractivity (Wildman–Crippen MR) is 83.8 cm³/mol. The summed E-state index contributed by atoms with van der Waals surface area (Å²) in [4.78, 5) is 2.66. The molecule has 0 bridgehead atoms. The van der Waals surface area contributed by atoms with Crippen molar-refractivity contribution < 1.29 is 0 Å². The van der Waals surface area contributed by atoms with Gasteiger partial charge in [0.15, 0.2) is 0 Å². The molecule has 0 amide bonds. The van der Waals surface area contributed by atoms with Crippen LogP contribution in [-0.2, 0) is 6.42 Å². The van der Waals surface area contributed by atoms with E-state index in [9.17, 15) is 5.26 Å². The topological polar surface area (TPSA) is 27.0 Å². The summed E-state index contributed by atoms with van der Waals surface area (Å²) in [5.74, 6) is 0.533. The number of fused-ring (bicyclic) bond motifs is 1. The van der Waals surface area contributed by atoms with Gasteiger partial charge in [-0.25, -0.2) is 0 Å². The summed E-state index contributed by atoms with van der Waals surface area (Å²) >= 11 is 0. The zero-order valence-corrected chi connectivity index (χ0v) is 13.0. The molecular formula is C18H26N2. The highest BCUT2D eigenvalue weighted by molar-refractivity contribution is 5.46. The van der Waals surface area contributed by atoms with Gasteiger partial charge in [0.25, 0.3) is 0 Å². The number of nitrogens with zero attached hydrogens (tertiary/aromatic N) is 2. The Morgan fingerprint density at radius 3 is 2.55 bits per heavy atom. The molecule has 2 rings (SSSR count). The minimum absolute atomic E-state index is 0.533. The molecule has 2 nitrogen and oxygen atoms in total. The molecular weight excluding hydrogens is 244 g/mol. The molecule has 0 saturated carbocycles. The molecule has 1 aromatic rings. The van der Waals surface area contributed by atoms with E-state index < -0.39 is 0 Å². The van der Waals surface area contributed by atoms with E-state index in [1.165, 1.54) is 43.5 Å². The Hall–Kier alpha value is -1.33. The molecule has 0 N–H and O–H groups in total. The second-order valence-corrected chi connectivity index (χ2v) is 5.92. The number of rotatable bonds is 5. The van der Waals surface area contributed by atoms with Crippen molar-refractivity contribution in [2.75, 3.05) is 13.1 Å². The minimum atomic E-state index is 0.533. The van der Waals surface area contributed by atoms with Crippen molar-refractivity contribution in [2.45, 2.75) is 58.4 Å². The lowest BCUT2D eigenvalue weighted by Gasteiger charge is -2.40. The fourth-order valence-electron chi connectivity index (χ4n) is 3.68. The van der Waals surface area contributed by atoms with Crippen LogP contribution >= 0.6 is 0 Å². The van der Waals surface area contributed by atoms with Gasteiger partial charge in [0.05, 0.1) is 11.6 Å². The summed E-state index contributed by atoms with van der Waals surface area (Å²) in [6.45, 7) is 9.24. The quantitative estimate of drug-likeness (QED) is 0.805. The first-order valence-corrected chi connectivity index (χ1v) is 7.98. The molecule has 0 heterocycles. The Balaban J connectivity index is 2.27. The molecule has 0 spiro atoms. The molecule has 2 atom stereocenters. The maximum atomic E-state index is 9.26. The fourth-order valence-corrected chi connectivity index (χ4v) is 3.68. The van der Waals surface area contributed by atoms with E-state index in [0.29, 0.717) is 12.0 Å². The van der Waals surface area contributed by atoms with Gasteiger partial charge in [0.2, 0.25) is 0 Å². The van der Waals surface area contributed by atoms with Crippen LogP contribution in [0.5, 0.6) is 0 Å². The first kappa shape index (κ1) is 15.1. The number of benzene rings is 1. The monoisotopic (exact) mass is 270 g/mol. The third-order valence-electron chi connectivity index (χ3n) is 4.58. The highest BCUT2D eigenvalue weighted by atomic mass is 15.2. The average Bonchev–Trinajstić information content (AvgIpc) is 2.47. The van der Waals surface area contributed by atoms with Gasteiger partial charge in [-0.2, -0.15) is 5.26 Å². The van der Waals surface area contributed by atoms with Crippen LogP contribution < -0.4 is 0 Å². The maximum Gasteiger partial charge on any atom is 0.0994 e. The maximum absolute atomic E-state index is 9.26. The standard InChI is InChI=1S/C18H26N2/c1-4-11-20(12-5-2)18-10-9-17-15(13-19)7-6-8-16(17)14(18)3/h6-8,14,18H,4-5,9-12H2,1-3H3/t14-,18+/m0/s1. The van der Waals surface area contributed by atoms with E-state index in [2.05, 4.69) is 37.8 Å². The Bertz CT molecular complexity index is 481. The second-order valence-electron chi connectivity index (χ2n) is 5.92. The van der Waals surface area contributed by atoms with Crippen molar-refractivity contribution in [3.05, 3.63) is 34.9 Å². The van der Waals surface area contributed by atoms with Gasteiger partial charge in [0, 0.05) is 6.04 Å². The van der Waals surface area contributed by atoms with E-state index in [4.69, 9.17) is 0 Å². The van der Waals surface area contributed by atoms with Gasteiger partial charge < -0.3 is 0 Å². The van der Waals surface area contributed by atoms with Gasteiger partial charge in [0.1, 0.15) is 0 Å². The molecule has 1 aromatic carbocycles. The first-order chi connectivity index (χ1) is 9.72. The summed E-state index contributed by atoms with van der Waals surface area (Å²) in [6, 6.07) is 9.22. The Kier molecular flexibility index (Phi) is 5.20. The summed E-state index contributed by atoms with van der Waals surface area (Å²) in [5.41, 5.74) is 3.58. The van der Waals surface area contributed by atoms with Crippen LogP contribution in [0.1, 0.15) is 62.6 Å². The third kappa shape index (κ3) is 2.88. The predicted octanol–water partition coefficient (Wildman–Crippen LogP) is 4.10. The highest BCUT2D eigenvalue weighted by Crippen LogP contribution is 2.36. The van der Waals surface area contributed by atoms with E-state index in [-0.39, 0.29) is 0 Å². The lowest BCUT2D eigenvalue weighted by atomic mass is 9.78. The van der Waals surface area contributed by atoms with Crippen molar-refractivity contribution in [1.82, 2.24) is 4.90 Å². The van der Waals surface area contributed by atoms with Crippen LogP contribution in [-0.4, -0.2) is 24.0 Å². The van der Waals surface area contributed by atoms with E-state index in [1.54, 1.807) is 0 Å². The number of hydrogen-bond donors (Lipinski definition) is 0. The summed E-state index contributed by atoms with van der Waals surface area (Å²) in [7, 11) is 0. The van der Waals surface area contributed by atoms with Gasteiger partial charge in [-0.1, -0.05) is 32.9 Å². The minimum Gasteiger partial charge on any atom is -0.300 e. The lowest BCUT2D eigenvalue weighted by molar-refractivity contribution is 0.159. The van der Waals surface area contributed by atoms with Gasteiger partial charge in [-0.15, -0.1) is 0 Å². The van der Waals surface area contributed by atoms with Crippen molar-refractivity contribution in [1.29, 1.82) is 5.26 Å². The Morgan fingerprint density at radius 1 is 1.25 bits per heavy atom. The molecule has 0 radical (unpaired) electrons. The molecule has 0 aliphatic heterocycles. The highest BCUT2D eigenvalue weighted by Gasteiger charge is 2.30. The lowest BCUT2D eigenvalue weighted by Crippen LogP contribution is -2.42. The largest absolute Gasteiger partial charge is 0.300 e. The summed E-state index contributed by atoms with van der Waals surface area (Å²) in [6.07, 6.45) is 4.67. The summed E-state index contributed by atoms with van der Waals surface area (Å²) in [5, 5.41) is 9.26. The summed E-state index contributed by atoms with van der Waals surface area (Å²) < 4.78 is 0. The van der Waals surface area contributed by atoms with Crippen LogP contribution in [0.25, 0.3) is 0 Å². The third-order valence-corrected chi connectivity index (χ3v) is 4.58. The van der Waals surface area contributed by atoms with Crippen LogP contribution in [0.15, 0.2) is 18.2 Å². The van der Waals surface area contributed by atoms with Crippen molar-refractivity contribution in [3.8, 4) is 6.07 Å². The van der Waals surface area contributed by atoms with Crippen molar-refractivity contribution in [2.24, 2.45) is 0 Å². The van der Waals surface area contributed by atoms with Gasteiger partial charge >= 0.3 is 0 Å². The van der Waals surface area contributed by atoms with Crippen LogP contribution in [0.4, 0.5) is 0 Å². The van der Waals surface area contributed by atoms with E-state index in [0.717, 1.165) is 12.0 Å². The van der Waals surface area contributed by atoms with Crippen LogP contribution in [0, 0.1) is 11.3 Å². The van der Waals surface area contributed by atoms with Gasteiger partial charge in [-0.3, -0.25) is 4.90 Å². The molecule has 20 heavy (non-hydrogen) atoms. The van der Waals surface area contributed by atoms with E-state index >= 15 is 0 Å². The van der Waals surface area contributed by atoms with Crippen molar-refractivity contribution in [3.63, 3.8) is 0 Å². The normalized spacial score (nSPS) is 21.6. The second kappa shape index (κ2) is 6.90. The van der Waals surface area contributed by atoms with Gasteiger partial charge in [-0.05, 0) is 61.9 Å². The van der Waals surface area contributed by atoms with Crippen molar-refractivity contribution >= 4 is 0 Å².